The number of hydrogen-bond donors (Lipinski definition) is 1. The van der Waals surface area contributed by atoms with Gasteiger partial charge in [-0.3, -0.25) is 0 Å². The van der Waals surface area contributed by atoms with Crippen LogP contribution in [0.5, 0.6) is 0 Å². The summed E-state index contributed by atoms with van der Waals surface area (Å²) in [7, 11) is 0. The monoisotopic (exact) mass is 230 g/mol. The maximum absolute atomic E-state index is 5.62. The van der Waals surface area contributed by atoms with Crippen LogP contribution in [0.3, 0.4) is 0 Å². The topological polar surface area (TPSA) is 29.3 Å². The summed E-state index contributed by atoms with van der Waals surface area (Å²) in [4.78, 5) is 2.64. The third-order valence-corrected chi connectivity index (χ3v) is 3.95. The fourth-order valence-corrected chi connectivity index (χ4v) is 2.90. The van der Waals surface area contributed by atoms with Crippen LogP contribution in [0.1, 0.15) is 32.1 Å². The average Bonchev–Trinajstić information content (AvgIpc) is 2.26. The van der Waals surface area contributed by atoms with E-state index in [9.17, 15) is 0 Å². The Labute approximate surface area is 99.0 Å². The summed E-state index contributed by atoms with van der Waals surface area (Å²) < 4.78 is 0. The molecule has 1 aliphatic rings. The Kier molecular flexibility index (Phi) is 7.49. The van der Waals surface area contributed by atoms with E-state index in [0.717, 1.165) is 12.5 Å². The number of nitrogens with zero attached hydrogens (tertiary/aromatic N) is 1. The predicted molar refractivity (Wildman–Crippen MR) is 70.5 cm³/mol. The summed E-state index contributed by atoms with van der Waals surface area (Å²) in [5.41, 5.74) is 5.62. The van der Waals surface area contributed by atoms with Crippen molar-refractivity contribution in [2.45, 2.75) is 32.1 Å². The molecule has 90 valence electrons. The fraction of sp³-hybridized carbons (Fsp3) is 1.00. The van der Waals surface area contributed by atoms with Gasteiger partial charge >= 0.3 is 0 Å². The number of thioether (sulfide) groups is 1. The Bertz CT molecular complexity index is 151. The molecule has 1 unspecified atom stereocenters. The molecule has 1 aliphatic heterocycles. The Morgan fingerprint density at radius 3 is 3.00 bits per heavy atom. The molecule has 0 aromatic carbocycles. The summed E-state index contributed by atoms with van der Waals surface area (Å²) >= 11 is 1.96. The van der Waals surface area contributed by atoms with E-state index in [1.165, 1.54) is 57.5 Å². The molecule has 15 heavy (non-hydrogen) atoms. The van der Waals surface area contributed by atoms with Gasteiger partial charge in [-0.25, -0.2) is 0 Å². The fourth-order valence-electron chi connectivity index (χ4n) is 2.41. The van der Waals surface area contributed by atoms with Crippen molar-refractivity contribution in [3.8, 4) is 0 Å². The van der Waals surface area contributed by atoms with Gasteiger partial charge in [0.25, 0.3) is 0 Å². The first kappa shape index (κ1) is 13.3. The molecule has 0 radical (unpaired) electrons. The van der Waals surface area contributed by atoms with Crippen molar-refractivity contribution >= 4 is 11.8 Å². The highest BCUT2D eigenvalue weighted by Gasteiger charge is 2.18. The molecule has 0 saturated carbocycles. The molecule has 0 spiro atoms. The van der Waals surface area contributed by atoms with Crippen LogP contribution in [0.15, 0.2) is 0 Å². The van der Waals surface area contributed by atoms with Crippen LogP contribution in [-0.2, 0) is 0 Å². The van der Waals surface area contributed by atoms with Gasteiger partial charge in [0.15, 0.2) is 0 Å². The molecule has 3 heteroatoms. The quantitative estimate of drug-likeness (QED) is 0.680. The summed E-state index contributed by atoms with van der Waals surface area (Å²) in [6.07, 6.45) is 8.95. The lowest BCUT2D eigenvalue weighted by Gasteiger charge is -2.32. The summed E-state index contributed by atoms with van der Waals surface area (Å²) in [5, 5.41) is 0. The maximum Gasteiger partial charge on any atom is 0.00101 e. The zero-order valence-electron chi connectivity index (χ0n) is 10.1. The third-order valence-electron chi connectivity index (χ3n) is 3.25. The highest BCUT2D eigenvalue weighted by molar-refractivity contribution is 7.98. The van der Waals surface area contributed by atoms with Crippen molar-refractivity contribution in [3.05, 3.63) is 0 Å². The zero-order valence-corrected chi connectivity index (χ0v) is 10.9. The van der Waals surface area contributed by atoms with Crippen LogP contribution in [0.2, 0.25) is 0 Å². The third kappa shape index (κ3) is 5.79. The number of hydrogen-bond acceptors (Lipinski definition) is 3. The van der Waals surface area contributed by atoms with E-state index in [1.54, 1.807) is 0 Å². The molecule has 1 fully saturated rings. The van der Waals surface area contributed by atoms with Gasteiger partial charge in [0.2, 0.25) is 0 Å². The molecular weight excluding hydrogens is 204 g/mol. The second kappa shape index (κ2) is 8.43. The lowest BCUT2D eigenvalue weighted by molar-refractivity contribution is 0.168. The first-order valence-electron chi connectivity index (χ1n) is 6.28. The molecule has 0 bridgehead atoms. The average molecular weight is 230 g/mol. The standard InChI is InChI=1S/C12H26N2S/c1-15-10-3-2-8-14-9-4-5-12(11-14)6-7-13/h12H,2-11,13H2,1H3. The van der Waals surface area contributed by atoms with E-state index in [4.69, 9.17) is 5.73 Å². The van der Waals surface area contributed by atoms with E-state index in [0.29, 0.717) is 0 Å². The first-order valence-corrected chi connectivity index (χ1v) is 7.67. The minimum Gasteiger partial charge on any atom is -0.330 e. The highest BCUT2D eigenvalue weighted by Crippen LogP contribution is 2.19. The van der Waals surface area contributed by atoms with Crippen LogP contribution in [0, 0.1) is 5.92 Å². The molecule has 0 amide bonds. The first-order chi connectivity index (χ1) is 7.36. The van der Waals surface area contributed by atoms with Crippen molar-refractivity contribution in [1.29, 1.82) is 0 Å². The van der Waals surface area contributed by atoms with Gasteiger partial charge < -0.3 is 10.6 Å². The molecule has 1 atom stereocenters. The lowest BCUT2D eigenvalue weighted by Crippen LogP contribution is -2.36. The molecule has 2 nitrogen and oxygen atoms in total. The Hall–Kier alpha value is 0.270. The van der Waals surface area contributed by atoms with Crippen molar-refractivity contribution in [2.75, 3.05) is 38.2 Å². The minimum absolute atomic E-state index is 0.866. The van der Waals surface area contributed by atoms with Crippen LogP contribution < -0.4 is 5.73 Å². The second-order valence-electron chi connectivity index (χ2n) is 4.59. The van der Waals surface area contributed by atoms with Crippen molar-refractivity contribution in [3.63, 3.8) is 0 Å². The molecule has 1 heterocycles. The van der Waals surface area contributed by atoms with Gasteiger partial charge in [0, 0.05) is 6.54 Å². The molecule has 0 aromatic rings. The van der Waals surface area contributed by atoms with Crippen molar-refractivity contribution in [2.24, 2.45) is 11.7 Å². The molecule has 0 aromatic heterocycles. The smallest absolute Gasteiger partial charge is 0.00101 e. The number of nitrogens with two attached hydrogens (primary N) is 1. The van der Waals surface area contributed by atoms with E-state index in [1.807, 2.05) is 11.8 Å². The van der Waals surface area contributed by atoms with Crippen molar-refractivity contribution < 1.29 is 0 Å². The van der Waals surface area contributed by atoms with Crippen LogP contribution >= 0.6 is 11.8 Å². The van der Waals surface area contributed by atoms with E-state index in [-0.39, 0.29) is 0 Å². The van der Waals surface area contributed by atoms with Gasteiger partial charge in [-0.15, -0.1) is 0 Å². The molecule has 1 rings (SSSR count). The zero-order chi connectivity index (χ0) is 10.9. The van der Waals surface area contributed by atoms with Crippen LogP contribution in [0.25, 0.3) is 0 Å². The van der Waals surface area contributed by atoms with E-state index < -0.39 is 0 Å². The molecule has 1 saturated heterocycles. The van der Waals surface area contributed by atoms with Gasteiger partial charge in [-0.05, 0) is 69.7 Å². The van der Waals surface area contributed by atoms with Gasteiger partial charge in [0.05, 0.1) is 0 Å². The minimum atomic E-state index is 0.866. The van der Waals surface area contributed by atoms with E-state index in [2.05, 4.69) is 11.2 Å². The Morgan fingerprint density at radius 1 is 1.40 bits per heavy atom. The lowest BCUT2D eigenvalue weighted by atomic mass is 9.95. The summed E-state index contributed by atoms with van der Waals surface area (Å²) in [6, 6.07) is 0. The Morgan fingerprint density at radius 2 is 2.27 bits per heavy atom. The number of unbranched alkanes of at least 4 members (excludes halogenated alkanes) is 1. The van der Waals surface area contributed by atoms with Crippen molar-refractivity contribution in [1.82, 2.24) is 4.90 Å². The van der Waals surface area contributed by atoms with Crippen LogP contribution in [-0.4, -0.2) is 43.1 Å². The molecule has 2 N–H and O–H groups in total. The predicted octanol–water partition coefficient (Wildman–Crippen LogP) is 2.19. The Balaban J connectivity index is 2.07. The van der Waals surface area contributed by atoms with Gasteiger partial charge in [0.1, 0.15) is 0 Å². The van der Waals surface area contributed by atoms with Crippen LogP contribution in [0.4, 0.5) is 0 Å². The van der Waals surface area contributed by atoms with E-state index >= 15 is 0 Å². The maximum atomic E-state index is 5.62. The highest BCUT2D eigenvalue weighted by atomic mass is 32.2. The summed E-state index contributed by atoms with van der Waals surface area (Å²) in [5.74, 6) is 2.20. The SMILES string of the molecule is CSCCCCN1CCCC(CCN)C1. The largest absolute Gasteiger partial charge is 0.330 e. The normalized spacial score (nSPS) is 23.2. The van der Waals surface area contributed by atoms with Gasteiger partial charge in [-0.2, -0.15) is 11.8 Å². The number of likely N-dealkylation sites (tertiary alicyclic amines) is 1. The molecule has 0 aliphatic carbocycles. The van der Waals surface area contributed by atoms with Gasteiger partial charge in [-0.1, -0.05) is 0 Å². The number of piperidine rings is 1. The molecular formula is C12H26N2S. The number of rotatable bonds is 7. The second-order valence-corrected chi connectivity index (χ2v) is 5.57. The summed E-state index contributed by atoms with van der Waals surface area (Å²) in [6.45, 7) is 4.80.